The summed E-state index contributed by atoms with van der Waals surface area (Å²) in [4.78, 5) is 7.66. The number of quaternary nitrogens is 1. The highest BCUT2D eigenvalue weighted by Crippen LogP contribution is 2.20. The summed E-state index contributed by atoms with van der Waals surface area (Å²) >= 11 is 5.57. The molecule has 2 N–H and O–H groups in total. The van der Waals surface area contributed by atoms with E-state index in [1.165, 1.54) is 11.9 Å². The first-order chi connectivity index (χ1) is 12.6. The van der Waals surface area contributed by atoms with Gasteiger partial charge in [-0.1, -0.05) is 12.1 Å². The van der Waals surface area contributed by atoms with Gasteiger partial charge in [-0.3, -0.25) is 0 Å². The zero-order valence-electron chi connectivity index (χ0n) is 15.4. The Labute approximate surface area is 160 Å². The summed E-state index contributed by atoms with van der Waals surface area (Å²) in [5.74, 6) is 0. The number of aromatic nitrogens is 3. The maximum Gasteiger partial charge on any atom is 0.169 e. The van der Waals surface area contributed by atoms with Gasteiger partial charge in [-0.25, -0.2) is 9.67 Å². The molecule has 3 rings (SSSR count). The molecule has 140 valence electrons. The normalized spacial score (nSPS) is 16.2. The van der Waals surface area contributed by atoms with Crippen molar-refractivity contribution in [2.75, 3.05) is 46.4 Å². The molecule has 0 aliphatic carbocycles. The van der Waals surface area contributed by atoms with Crippen molar-refractivity contribution < 1.29 is 9.64 Å². The highest BCUT2D eigenvalue weighted by atomic mass is 32.1. The van der Waals surface area contributed by atoms with Crippen LogP contribution in [0.25, 0.3) is 5.69 Å². The molecule has 7 nitrogen and oxygen atoms in total. The summed E-state index contributed by atoms with van der Waals surface area (Å²) in [7, 11) is 2.03. The molecular formula is C18H27N6OS+. The smallest absolute Gasteiger partial charge is 0.169 e. The number of morpholine rings is 1. The van der Waals surface area contributed by atoms with E-state index in [0.717, 1.165) is 50.2 Å². The first-order valence-electron chi connectivity index (χ1n) is 9.02. The molecule has 0 saturated carbocycles. The molecule has 0 spiro atoms. The average molecular weight is 376 g/mol. The van der Waals surface area contributed by atoms with Crippen molar-refractivity contribution in [1.82, 2.24) is 25.0 Å². The fourth-order valence-electron chi connectivity index (χ4n) is 3.03. The molecule has 1 aliphatic rings. The Balaban J connectivity index is 1.49. The number of thiocarbonyl (C=S) groups is 1. The van der Waals surface area contributed by atoms with Gasteiger partial charge < -0.3 is 19.9 Å². The molecule has 1 aliphatic heterocycles. The third-order valence-electron chi connectivity index (χ3n) is 4.91. The molecule has 1 saturated heterocycles. The summed E-state index contributed by atoms with van der Waals surface area (Å²) in [6.45, 7) is 8.00. The van der Waals surface area contributed by atoms with E-state index >= 15 is 0 Å². The van der Waals surface area contributed by atoms with Gasteiger partial charge in [0.25, 0.3) is 0 Å². The Morgan fingerprint density at radius 2 is 2.08 bits per heavy atom. The molecule has 8 heteroatoms. The number of rotatable bonds is 6. The Kier molecular flexibility index (Phi) is 6.54. The maximum absolute atomic E-state index is 5.57. The Morgan fingerprint density at radius 3 is 2.73 bits per heavy atom. The third-order valence-corrected chi connectivity index (χ3v) is 5.35. The van der Waals surface area contributed by atoms with E-state index in [1.807, 2.05) is 19.2 Å². The standard InChI is InChI=1S/C18H26N6OS/c1-15(16-3-5-17(6-4-16)24-14-19-13-21-24)22(2)18(26)20-7-8-23-9-11-25-12-10-23/h3-6,13-15H,7-12H2,1-2H3,(H,20,26)/p+1/t15-/m1/s1. The van der Waals surface area contributed by atoms with E-state index in [9.17, 15) is 0 Å². The van der Waals surface area contributed by atoms with Crippen molar-refractivity contribution in [1.29, 1.82) is 0 Å². The number of nitrogens with one attached hydrogen (secondary N) is 2. The second-order valence-corrected chi connectivity index (χ2v) is 6.95. The van der Waals surface area contributed by atoms with Crippen molar-refractivity contribution in [2.24, 2.45) is 0 Å². The molecule has 1 fully saturated rings. The zero-order chi connectivity index (χ0) is 18.4. The fraction of sp³-hybridized carbons (Fsp3) is 0.500. The molecule has 2 heterocycles. The summed E-state index contributed by atoms with van der Waals surface area (Å²) in [5.41, 5.74) is 2.20. The van der Waals surface area contributed by atoms with Gasteiger partial charge in [-0.05, 0) is 36.8 Å². The van der Waals surface area contributed by atoms with Crippen LogP contribution in [-0.4, -0.2) is 71.2 Å². The lowest BCUT2D eigenvalue weighted by molar-refractivity contribution is -0.906. The van der Waals surface area contributed by atoms with Gasteiger partial charge in [-0.2, -0.15) is 5.10 Å². The third kappa shape index (κ3) is 4.78. The van der Waals surface area contributed by atoms with E-state index in [0.29, 0.717) is 0 Å². The molecule has 2 aromatic rings. The Morgan fingerprint density at radius 1 is 1.35 bits per heavy atom. The van der Waals surface area contributed by atoms with Gasteiger partial charge in [0.15, 0.2) is 5.11 Å². The maximum atomic E-state index is 5.57. The van der Waals surface area contributed by atoms with Gasteiger partial charge in [0.2, 0.25) is 0 Å². The minimum absolute atomic E-state index is 0.190. The topological polar surface area (TPSA) is 59.7 Å². The van der Waals surface area contributed by atoms with Crippen molar-refractivity contribution in [2.45, 2.75) is 13.0 Å². The van der Waals surface area contributed by atoms with Gasteiger partial charge in [-0.15, -0.1) is 0 Å². The highest BCUT2D eigenvalue weighted by Gasteiger charge is 2.16. The van der Waals surface area contributed by atoms with Crippen molar-refractivity contribution in [3.8, 4) is 5.69 Å². The summed E-state index contributed by atoms with van der Waals surface area (Å²) in [6.07, 6.45) is 3.23. The van der Waals surface area contributed by atoms with Crippen LogP contribution in [0.4, 0.5) is 0 Å². The van der Waals surface area contributed by atoms with Crippen LogP contribution >= 0.6 is 12.2 Å². The molecule has 1 atom stereocenters. The van der Waals surface area contributed by atoms with E-state index in [1.54, 1.807) is 15.9 Å². The van der Waals surface area contributed by atoms with Crippen molar-refractivity contribution >= 4 is 17.3 Å². The van der Waals surface area contributed by atoms with E-state index in [-0.39, 0.29) is 6.04 Å². The fourth-order valence-corrected chi connectivity index (χ4v) is 3.29. The predicted octanol–water partition coefficient (Wildman–Crippen LogP) is 0.0497. The predicted molar refractivity (Wildman–Crippen MR) is 105 cm³/mol. The number of ether oxygens (including phenoxy) is 1. The van der Waals surface area contributed by atoms with Crippen LogP contribution in [0.1, 0.15) is 18.5 Å². The van der Waals surface area contributed by atoms with Gasteiger partial charge in [0, 0.05) is 7.05 Å². The SMILES string of the molecule is C[C@H](c1ccc(-n2cncn2)cc1)N(C)C(=S)NCC[NH+]1CCOCC1. The van der Waals surface area contributed by atoms with Crippen LogP contribution in [0, 0.1) is 0 Å². The van der Waals surface area contributed by atoms with Gasteiger partial charge in [0.05, 0.1) is 38.0 Å². The molecule has 0 radical (unpaired) electrons. The van der Waals surface area contributed by atoms with E-state index in [2.05, 4.69) is 39.4 Å². The largest absolute Gasteiger partial charge is 0.370 e. The second kappa shape index (κ2) is 9.07. The lowest BCUT2D eigenvalue weighted by atomic mass is 10.1. The zero-order valence-corrected chi connectivity index (χ0v) is 16.2. The lowest BCUT2D eigenvalue weighted by Crippen LogP contribution is -3.14. The molecule has 26 heavy (non-hydrogen) atoms. The molecule has 0 amide bonds. The van der Waals surface area contributed by atoms with Gasteiger partial charge >= 0.3 is 0 Å². The summed E-state index contributed by atoms with van der Waals surface area (Å²) in [5, 5.41) is 8.32. The van der Waals surface area contributed by atoms with Crippen LogP contribution in [0.15, 0.2) is 36.9 Å². The summed E-state index contributed by atoms with van der Waals surface area (Å²) < 4.78 is 7.14. The minimum Gasteiger partial charge on any atom is -0.370 e. The molecule has 1 aromatic heterocycles. The quantitative estimate of drug-likeness (QED) is 0.696. The van der Waals surface area contributed by atoms with Crippen molar-refractivity contribution in [3.63, 3.8) is 0 Å². The summed E-state index contributed by atoms with van der Waals surface area (Å²) in [6, 6.07) is 8.51. The van der Waals surface area contributed by atoms with E-state index < -0.39 is 0 Å². The Hall–Kier alpha value is -2.03. The van der Waals surface area contributed by atoms with Crippen LogP contribution in [-0.2, 0) is 4.74 Å². The monoisotopic (exact) mass is 375 g/mol. The molecular weight excluding hydrogens is 348 g/mol. The van der Waals surface area contributed by atoms with E-state index in [4.69, 9.17) is 17.0 Å². The first kappa shape index (κ1) is 18.8. The Bertz CT molecular complexity index is 684. The van der Waals surface area contributed by atoms with Crippen LogP contribution in [0.2, 0.25) is 0 Å². The number of hydrogen-bond acceptors (Lipinski definition) is 4. The second-order valence-electron chi connectivity index (χ2n) is 6.56. The van der Waals surface area contributed by atoms with Crippen LogP contribution in [0.3, 0.4) is 0 Å². The first-order valence-corrected chi connectivity index (χ1v) is 9.43. The number of nitrogens with zero attached hydrogens (tertiary/aromatic N) is 4. The number of hydrogen-bond donors (Lipinski definition) is 2. The molecule has 0 unspecified atom stereocenters. The lowest BCUT2D eigenvalue weighted by Gasteiger charge is -2.29. The molecule has 0 bridgehead atoms. The highest BCUT2D eigenvalue weighted by molar-refractivity contribution is 7.80. The van der Waals surface area contributed by atoms with Crippen LogP contribution < -0.4 is 10.2 Å². The molecule has 1 aromatic carbocycles. The van der Waals surface area contributed by atoms with Gasteiger partial charge in [0.1, 0.15) is 25.7 Å². The van der Waals surface area contributed by atoms with Crippen molar-refractivity contribution in [3.05, 3.63) is 42.5 Å². The minimum atomic E-state index is 0.190. The average Bonchev–Trinajstić information content (AvgIpc) is 3.22. The number of benzene rings is 1. The van der Waals surface area contributed by atoms with Crippen LogP contribution in [0.5, 0.6) is 0 Å².